The minimum absolute atomic E-state index is 0. The number of para-hydroxylation sites is 1. The molecule has 0 spiro atoms. The lowest BCUT2D eigenvalue weighted by Crippen LogP contribution is -2.44. The van der Waals surface area contributed by atoms with Crippen molar-refractivity contribution in [2.45, 2.75) is 45.0 Å². The molecule has 0 heterocycles. The van der Waals surface area contributed by atoms with Crippen LogP contribution >= 0.6 is 35.6 Å². The Labute approximate surface area is 182 Å². The maximum absolute atomic E-state index is 12.1. The van der Waals surface area contributed by atoms with E-state index >= 15 is 0 Å². The van der Waals surface area contributed by atoms with Gasteiger partial charge in [0.25, 0.3) is 0 Å². The molecule has 26 heavy (non-hydrogen) atoms. The number of guanidine groups is 1. The van der Waals surface area contributed by atoms with Gasteiger partial charge in [-0.05, 0) is 39.3 Å². The zero-order valence-corrected chi connectivity index (χ0v) is 20.1. The third-order valence-corrected chi connectivity index (χ3v) is 5.82. The number of nitrogens with one attached hydrogen (secondary N) is 2. The van der Waals surface area contributed by atoms with Crippen LogP contribution in [0, 0.1) is 0 Å². The molecule has 0 fully saturated rings. The zero-order chi connectivity index (χ0) is 18.9. The zero-order valence-electron chi connectivity index (χ0n) is 16.2. The molecule has 8 heteroatoms. The molecule has 0 aliphatic rings. The van der Waals surface area contributed by atoms with Gasteiger partial charge in [-0.25, -0.2) is 0 Å². The first-order chi connectivity index (χ1) is 11.8. The van der Waals surface area contributed by atoms with Crippen LogP contribution in [0.2, 0.25) is 5.02 Å². The van der Waals surface area contributed by atoms with Gasteiger partial charge in [-0.1, -0.05) is 30.7 Å². The lowest BCUT2D eigenvalue weighted by atomic mass is 10.2. The highest BCUT2D eigenvalue weighted by molar-refractivity contribution is 14.0. The molecule has 150 valence electrons. The van der Waals surface area contributed by atoms with E-state index in [-0.39, 0.29) is 34.8 Å². The number of halogens is 2. The molecular weight excluding hydrogens is 485 g/mol. The van der Waals surface area contributed by atoms with E-state index < -0.39 is 10.8 Å². The molecule has 0 aliphatic carbocycles. The van der Waals surface area contributed by atoms with Crippen LogP contribution < -0.4 is 15.4 Å². The molecule has 2 atom stereocenters. The van der Waals surface area contributed by atoms with Gasteiger partial charge in [-0.3, -0.25) is 9.20 Å². The number of hydrogen-bond donors (Lipinski definition) is 2. The van der Waals surface area contributed by atoms with E-state index in [1.54, 1.807) is 7.05 Å². The number of rotatable bonds is 8. The van der Waals surface area contributed by atoms with E-state index in [1.165, 1.54) is 0 Å². The van der Waals surface area contributed by atoms with Crippen LogP contribution in [0.15, 0.2) is 29.3 Å². The Morgan fingerprint density at radius 2 is 1.96 bits per heavy atom. The highest BCUT2D eigenvalue weighted by Gasteiger charge is 2.18. The van der Waals surface area contributed by atoms with Crippen LogP contribution in [0.4, 0.5) is 0 Å². The third-order valence-electron chi connectivity index (χ3n) is 3.57. The Hall–Kier alpha value is -0.540. The van der Waals surface area contributed by atoms with E-state index in [4.69, 9.17) is 16.3 Å². The first-order valence-electron chi connectivity index (χ1n) is 8.52. The van der Waals surface area contributed by atoms with Crippen LogP contribution in [0.1, 0.15) is 34.1 Å². The van der Waals surface area contributed by atoms with Crippen molar-refractivity contribution in [3.63, 3.8) is 0 Å². The number of hydrogen-bond acceptors (Lipinski definition) is 3. The standard InChI is InChI=1S/C18H30ClN3O2S.HI/c1-6-14(24-16-10-8-7-9-15(16)19)13-22-17(20-5)21-11-12-25(23)18(2,3)4;/h7-10,14H,6,11-13H2,1-5H3,(H2,20,21,22);1H. The second-order valence-corrected chi connectivity index (χ2v) is 9.35. The average Bonchev–Trinajstić information content (AvgIpc) is 2.57. The maximum Gasteiger partial charge on any atom is 0.191 e. The van der Waals surface area contributed by atoms with Gasteiger partial charge in [0.1, 0.15) is 11.9 Å². The summed E-state index contributed by atoms with van der Waals surface area (Å²) in [5, 5.41) is 7.04. The molecule has 0 amide bonds. The minimum atomic E-state index is -0.884. The van der Waals surface area contributed by atoms with Crippen LogP contribution in [-0.2, 0) is 10.8 Å². The van der Waals surface area contributed by atoms with Crippen LogP contribution in [0.5, 0.6) is 5.75 Å². The average molecular weight is 516 g/mol. The van der Waals surface area contributed by atoms with Crippen molar-refractivity contribution in [1.29, 1.82) is 0 Å². The van der Waals surface area contributed by atoms with Gasteiger partial charge in [0.2, 0.25) is 0 Å². The van der Waals surface area contributed by atoms with Crippen molar-refractivity contribution in [1.82, 2.24) is 10.6 Å². The summed E-state index contributed by atoms with van der Waals surface area (Å²) in [5.74, 6) is 1.94. The van der Waals surface area contributed by atoms with Gasteiger partial charge in [0.15, 0.2) is 5.96 Å². The van der Waals surface area contributed by atoms with Crippen LogP contribution in [0.25, 0.3) is 0 Å². The quantitative estimate of drug-likeness (QED) is 0.314. The molecule has 0 aromatic heterocycles. The molecule has 0 bridgehead atoms. The predicted molar refractivity (Wildman–Crippen MR) is 124 cm³/mol. The summed E-state index contributed by atoms with van der Waals surface area (Å²) in [5.41, 5.74) is 0. The highest BCUT2D eigenvalue weighted by Crippen LogP contribution is 2.24. The fourth-order valence-electron chi connectivity index (χ4n) is 1.99. The molecule has 2 N–H and O–H groups in total. The SMILES string of the molecule is CCC(CNC(=NC)NCCS(=O)C(C)(C)C)Oc1ccccc1Cl.I. The summed E-state index contributed by atoms with van der Waals surface area (Å²) in [6.45, 7) is 9.21. The maximum atomic E-state index is 12.1. The molecular formula is C18H31ClIN3O2S. The first-order valence-corrected chi connectivity index (χ1v) is 10.2. The van der Waals surface area contributed by atoms with Crippen LogP contribution in [-0.4, -0.2) is 46.9 Å². The second kappa shape index (κ2) is 12.8. The Balaban J connectivity index is 0.00000625. The van der Waals surface area contributed by atoms with Crippen LogP contribution in [0.3, 0.4) is 0 Å². The summed E-state index contributed by atoms with van der Waals surface area (Å²) < 4.78 is 17.8. The smallest absolute Gasteiger partial charge is 0.191 e. The Kier molecular flexibility index (Phi) is 12.5. The normalized spacial score (nSPS) is 14.2. The summed E-state index contributed by atoms with van der Waals surface area (Å²) in [6.07, 6.45) is 0.811. The van der Waals surface area contributed by atoms with Gasteiger partial charge < -0.3 is 15.4 Å². The van der Waals surface area contributed by atoms with E-state index in [0.717, 1.165) is 6.42 Å². The van der Waals surface area contributed by atoms with Crippen molar-refractivity contribution < 1.29 is 8.95 Å². The van der Waals surface area contributed by atoms with Gasteiger partial charge in [-0.15, -0.1) is 24.0 Å². The van der Waals surface area contributed by atoms with Gasteiger partial charge in [0, 0.05) is 34.9 Å². The predicted octanol–water partition coefficient (Wildman–Crippen LogP) is 3.83. The summed E-state index contributed by atoms with van der Waals surface area (Å²) in [4.78, 5) is 4.19. The molecule has 0 saturated heterocycles. The summed E-state index contributed by atoms with van der Waals surface area (Å²) in [6, 6.07) is 7.45. The second-order valence-electron chi connectivity index (χ2n) is 6.62. The topological polar surface area (TPSA) is 62.7 Å². The monoisotopic (exact) mass is 515 g/mol. The van der Waals surface area contributed by atoms with Crippen molar-refractivity contribution in [3.8, 4) is 5.75 Å². The molecule has 0 saturated carbocycles. The highest BCUT2D eigenvalue weighted by atomic mass is 127. The largest absolute Gasteiger partial charge is 0.487 e. The third kappa shape index (κ3) is 9.41. The van der Waals surface area contributed by atoms with E-state index in [2.05, 4.69) is 22.5 Å². The van der Waals surface area contributed by atoms with Gasteiger partial charge >= 0.3 is 0 Å². The fraction of sp³-hybridized carbons (Fsp3) is 0.611. The lowest BCUT2D eigenvalue weighted by Gasteiger charge is -2.21. The first kappa shape index (κ1) is 25.5. The number of aliphatic imine (C=N–C) groups is 1. The summed E-state index contributed by atoms with van der Waals surface area (Å²) in [7, 11) is 0.830. The lowest BCUT2D eigenvalue weighted by molar-refractivity contribution is 0.199. The fourth-order valence-corrected chi connectivity index (χ4v) is 3.07. The summed E-state index contributed by atoms with van der Waals surface area (Å²) >= 11 is 6.14. The minimum Gasteiger partial charge on any atom is -0.487 e. The van der Waals surface area contributed by atoms with E-state index in [9.17, 15) is 4.21 Å². The van der Waals surface area contributed by atoms with Crippen molar-refractivity contribution in [3.05, 3.63) is 29.3 Å². The number of nitrogens with zero attached hydrogens (tertiary/aromatic N) is 1. The molecule has 0 radical (unpaired) electrons. The van der Waals surface area contributed by atoms with Crippen molar-refractivity contribution in [2.75, 3.05) is 25.9 Å². The molecule has 0 aliphatic heterocycles. The number of benzene rings is 1. The Bertz CT molecular complexity index is 594. The Morgan fingerprint density at radius 3 is 2.50 bits per heavy atom. The van der Waals surface area contributed by atoms with E-state index in [0.29, 0.717) is 35.6 Å². The van der Waals surface area contributed by atoms with Crippen molar-refractivity contribution >= 4 is 52.3 Å². The van der Waals surface area contributed by atoms with E-state index in [1.807, 2.05) is 45.0 Å². The van der Waals surface area contributed by atoms with Gasteiger partial charge in [0.05, 0.1) is 11.6 Å². The molecule has 1 rings (SSSR count). The molecule has 2 unspecified atom stereocenters. The molecule has 5 nitrogen and oxygen atoms in total. The van der Waals surface area contributed by atoms with Crippen molar-refractivity contribution in [2.24, 2.45) is 4.99 Å². The molecule has 1 aromatic carbocycles. The molecule has 1 aromatic rings. The Morgan fingerprint density at radius 1 is 1.31 bits per heavy atom. The van der Waals surface area contributed by atoms with Gasteiger partial charge in [-0.2, -0.15) is 0 Å². The number of ether oxygens (including phenoxy) is 1.